The molecule has 0 saturated carbocycles. The van der Waals surface area contributed by atoms with Gasteiger partial charge in [-0.25, -0.2) is 0 Å². The van der Waals surface area contributed by atoms with Crippen LogP contribution in [0.4, 0.5) is 0 Å². The molecule has 6 heteroatoms. The summed E-state index contributed by atoms with van der Waals surface area (Å²) in [5, 5.41) is 0. The van der Waals surface area contributed by atoms with Crippen molar-refractivity contribution in [1.82, 2.24) is 0 Å². The van der Waals surface area contributed by atoms with Crippen molar-refractivity contribution < 1.29 is 28.4 Å². The van der Waals surface area contributed by atoms with Gasteiger partial charge in [0.05, 0.1) is 39.1 Å². The van der Waals surface area contributed by atoms with Gasteiger partial charge in [-0.15, -0.1) is 0 Å². The van der Waals surface area contributed by atoms with Gasteiger partial charge in [0.1, 0.15) is 0 Å². The van der Waals surface area contributed by atoms with Crippen LogP contribution < -0.4 is 0 Å². The average molecular weight is 346 g/mol. The molecule has 0 radical (unpaired) electrons. The van der Waals surface area contributed by atoms with E-state index < -0.39 is 0 Å². The van der Waals surface area contributed by atoms with Crippen molar-refractivity contribution in [2.45, 2.75) is 70.6 Å². The molecule has 2 aliphatic rings. The molecule has 2 rings (SSSR count). The van der Waals surface area contributed by atoms with Crippen molar-refractivity contribution in [1.29, 1.82) is 0 Å². The van der Waals surface area contributed by atoms with E-state index >= 15 is 0 Å². The molecule has 2 saturated heterocycles. The van der Waals surface area contributed by atoms with Crippen LogP contribution in [0.15, 0.2) is 0 Å². The zero-order valence-corrected chi connectivity index (χ0v) is 15.1. The third-order valence-corrected chi connectivity index (χ3v) is 4.31. The van der Waals surface area contributed by atoms with Crippen molar-refractivity contribution in [2.24, 2.45) is 0 Å². The predicted octanol–water partition coefficient (Wildman–Crippen LogP) is 2.88. The minimum Gasteiger partial charge on any atom is -0.376 e. The Labute approximate surface area is 146 Å². The summed E-state index contributed by atoms with van der Waals surface area (Å²) in [4.78, 5) is 0. The molecule has 2 fully saturated rings. The van der Waals surface area contributed by atoms with Gasteiger partial charge in [0.25, 0.3) is 0 Å². The minimum absolute atomic E-state index is 0.0419. The fourth-order valence-corrected chi connectivity index (χ4v) is 2.82. The highest BCUT2D eigenvalue weighted by atomic mass is 16.7. The average Bonchev–Trinajstić information content (AvgIpc) is 2.65. The second kappa shape index (κ2) is 13.0. The fourth-order valence-electron chi connectivity index (χ4n) is 2.82. The Hall–Kier alpha value is -0.240. The zero-order valence-electron chi connectivity index (χ0n) is 15.1. The van der Waals surface area contributed by atoms with Crippen molar-refractivity contribution in [2.75, 3.05) is 46.2 Å². The Morgan fingerprint density at radius 1 is 0.833 bits per heavy atom. The third-order valence-electron chi connectivity index (χ3n) is 4.31. The first-order chi connectivity index (χ1) is 11.9. The summed E-state index contributed by atoms with van der Waals surface area (Å²) in [5.41, 5.74) is 0. The molecule has 2 heterocycles. The highest BCUT2D eigenvalue weighted by molar-refractivity contribution is 4.57. The van der Waals surface area contributed by atoms with E-state index in [2.05, 4.69) is 6.92 Å². The summed E-state index contributed by atoms with van der Waals surface area (Å²) in [6, 6.07) is 0. The van der Waals surface area contributed by atoms with E-state index in [1.54, 1.807) is 0 Å². The first-order valence-corrected chi connectivity index (χ1v) is 9.54. The van der Waals surface area contributed by atoms with Crippen LogP contribution in [-0.4, -0.2) is 64.9 Å². The quantitative estimate of drug-likeness (QED) is 0.507. The van der Waals surface area contributed by atoms with Gasteiger partial charge < -0.3 is 28.4 Å². The Morgan fingerprint density at radius 2 is 1.46 bits per heavy atom. The standard InChI is InChI=1S/C18H34O6/c1-2-16(20-13-14-24-18-8-4-6-10-22-18)15-19-11-12-23-17-7-3-5-9-21-17/h16-18H,2-15H2,1H3/t16-,17?,18?/m1/s1. The predicted molar refractivity (Wildman–Crippen MR) is 89.9 cm³/mol. The summed E-state index contributed by atoms with van der Waals surface area (Å²) in [6.45, 7) is 6.61. The third kappa shape index (κ3) is 8.74. The largest absolute Gasteiger partial charge is 0.376 e. The lowest BCUT2D eigenvalue weighted by atomic mass is 10.2. The first-order valence-electron chi connectivity index (χ1n) is 9.54. The van der Waals surface area contributed by atoms with E-state index in [4.69, 9.17) is 28.4 Å². The molecule has 0 amide bonds. The molecule has 2 aliphatic heterocycles. The Bertz CT molecular complexity index is 289. The second-order valence-electron chi connectivity index (χ2n) is 6.31. The summed E-state index contributed by atoms with van der Waals surface area (Å²) < 4.78 is 33.8. The van der Waals surface area contributed by atoms with Gasteiger partial charge >= 0.3 is 0 Å². The summed E-state index contributed by atoms with van der Waals surface area (Å²) in [7, 11) is 0. The van der Waals surface area contributed by atoms with Crippen molar-refractivity contribution >= 4 is 0 Å². The topological polar surface area (TPSA) is 55.4 Å². The molecule has 0 aliphatic carbocycles. The van der Waals surface area contributed by atoms with Gasteiger partial charge in [-0.2, -0.15) is 0 Å². The lowest BCUT2D eigenvalue weighted by Crippen LogP contribution is -2.27. The molecule has 142 valence electrons. The van der Waals surface area contributed by atoms with Gasteiger partial charge in [-0.05, 0) is 44.9 Å². The Balaban J connectivity index is 1.41. The lowest BCUT2D eigenvalue weighted by Gasteiger charge is -2.23. The maximum Gasteiger partial charge on any atom is 0.157 e. The van der Waals surface area contributed by atoms with E-state index in [0.29, 0.717) is 33.0 Å². The summed E-state index contributed by atoms with van der Waals surface area (Å²) in [6.07, 6.45) is 7.58. The van der Waals surface area contributed by atoms with E-state index in [0.717, 1.165) is 45.3 Å². The van der Waals surface area contributed by atoms with Crippen LogP contribution in [0.5, 0.6) is 0 Å². The van der Waals surface area contributed by atoms with Gasteiger partial charge in [-0.3, -0.25) is 0 Å². The number of hydrogen-bond donors (Lipinski definition) is 0. The molecule has 0 spiro atoms. The Morgan fingerprint density at radius 3 is 2.00 bits per heavy atom. The first kappa shape index (κ1) is 20.1. The van der Waals surface area contributed by atoms with E-state index in [9.17, 15) is 0 Å². The fraction of sp³-hybridized carbons (Fsp3) is 1.00. The highest BCUT2D eigenvalue weighted by Crippen LogP contribution is 2.14. The van der Waals surface area contributed by atoms with E-state index in [-0.39, 0.29) is 18.7 Å². The summed E-state index contributed by atoms with van der Waals surface area (Å²) >= 11 is 0. The molecule has 3 atom stereocenters. The SMILES string of the molecule is CC[C@H](COCCOC1CCCCO1)OCCOC1CCCCO1. The lowest BCUT2D eigenvalue weighted by molar-refractivity contribution is -0.176. The smallest absolute Gasteiger partial charge is 0.157 e. The molecule has 0 aromatic carbocycles. The highest BCUT2D eigenvalue weighted by Gasteiger charge is 2.15. The van der Waals surface area contributed by atoms with Gasteiger partial charge in [0.2, 0.25) is 0 Å². The number of ether oxygens (including phenoxy) is 6. The molecule has 0 N–H and O–H groups in total. The van der Waals surface area contributed by atoms with Crippen molar-refractivity contribution in [3.63, 3.8) is 0 Å². The molecular formula is C18H34O6. The molecular weight excluding hydrogens is 312 g/mol. The number of hydrogen-bond acceptors (Lipinski definition) is 6. The van der Waals surface area contributed by atoms with Crippen LogP contribution in [0.1, 0.15) is 51.9 Å². The van der Waals surface area contributed by atoms with Crippen molar-refractivity contribution in [3.8, 4) is 0 Å². The van der Waals surface area contributed by atoms with E-state index in [1.165, 1.54) is 12.8 Å². The Kier molecular flexibility index (Phi) is 10.9. The minimum atomic E-state index is -0.0437. The molecule has 0 aromatic heterocycles. The molecule has 0 bridgehead atoms. The zero-order chi connectivity index (χ0) is 16.9. The van der Waals surface area contributed by atoms with Gasteiger partial charge in [-0.1, -0.05) is 6.92 Å². The molecule has 2 unspecified atom stereocenters. The van der Waals surface area contributed by atoms with Crippen LogP contribution in [-0.2, 0) is 28.4 Å². The van der Waals surface area contributed by atoms with Crippen LogP contribution in [0.2, 0.25) is 0 Å². The second-order valence-corrected chi connectivity index (χ2v) is 6.31. The molecule has 6 nitrogen and oxygen atoms in total. The maximum absolute atomic E-state index is 5.81. The van der Waals surface area contributed by atoms with Gasteiger partial charge in [0.15, 0.2) is 12.6 Å². The van der Waals surface area contributed by atoms with Crippen LogP contribution in [0.25, 0.3) is 0 Å². The van der Waals surface area contributed by atoms with E-state index in [1.807, 2.05) is 0 Å². The van der Waals surface area contributed by atoms with Crippen molar-refractivity contribution in [3.05, 3.63) is 0 Å². The number of rotatable bonds is 12. The normalized spacial score (nSPS) is 26.4. The van der Waals surface area contributed by atoms with Crippen LogP contribution in [0, 0.1) is 0 Å². The maximum atomic E-state index is 5.81. The molecule has 0 aromatic rings. The monoisotopic (exact) mass is 346 g/mol. The van der Waals surface area contributed by atoms with Crippen LogP contribution in [0.3, 0.4) is 0 Å². The van der Waals surface area contributed by atoms with Gasteiger partial charge in [0, 0.05) is 13.2 Å². The molecule has 24 heavy (non-hydrogen) atoms. The van der Waals surface area contributed by atoms with Crippen LogP contribution >= 0.6 is 0 Å². The summed E-state index contributed by atoms with van der Waals surface area (Å²) in [5.74, 6) is 0.